The fourth-order valence-corrected chi connectivity index (χ4v) is 4.04. The van der Waals surface area contributed by atoms with Gasteiger partial charge in [0, 0.05) is 28.7 Å². The molecule has 0 bridgehead atoms. The van der Waals surface area contributed by atoms with Crippen molar-refractivity contribution in [3.05, 3.63) is 59.8 Å². The van der Waals surface area contributed by atoms with Crippen molar-refractivity contribution in [1.82, 2.24) is 20.0 Å². The topological polar surface area (TPSA) is 75.1 Å². The first kappa shape index (κ1) is 18.3. The molecule has 4 rings (SSSR count). The van der Waals surface area contributed by atoms with E-state index in [1.807, 2.05) is 36.4 Å². The van der Waals surface area contributed by atoms with Gasteiger partial charge in [0.15, 0.2) is 5.16 Å². The summed E-state index contributed by atoms with van der Waals surface area (Å²) in [6.07, 6.45) is 1.73. The zero-order valence-corrected chi connectivity index (χ0v) is 16.6. The van der Waals surface area contributed by atoms with E-state index in [0.717, 1.165) is 39.4 Å². The van der Waals surface area contributed by atoms with Crippen molar-refractivity contribution < 1.29 is 4.79 Å². The number of carbonyl (C=O) groups excluding carboxylic acids is 1. The monoisotopic (exact) mass is 391 g/mol. The minimum atomic E-state index is -0.168. The van der Waals surface area contributed by atoms with Crippen LogP contribution in [-0.4, -0.2) is 32.4 Å². The van der Waals surface area contributed by atoms with Crippen molar-refractivity contribution in [2.24, 2.45) is 5.10 Å². The standard InChI is InChI=1S/C21H21N5OS/c1-3-26-14(2)16(15-8-4-7-11-19(15)26)12-22-25-20(27)13-28-21-23-17-9-5-6-10-18(17)24-21/h4-12H,3,13H2,1-2H3,(H,23,24)(H,25,27)/b22-12-. The van der Waals surface area contributed by atoms with Crippen LogP contribution in [-0.2, 0) is 11.3 Å². The number of benzene rings is 2. The Bertz CT molecular complexity index is 1140. The number of H-pyrrole nitrogens is 1. The molecule has 142 valence electrons. The summed E-state index contributed by atoms with van der Waals surface area (Å²) in [7, 11) is 0. The number of nitrogens with zero attached hydrogens (tertiary/aromatic N) is 3. The Kier molecular flexibility index (Phi) is 5.16. The minimum Gasteiger partial charge on any atom is -0.344 e. The van der Waals surface area contributed by atoms with Gasteiger partial charge in [-0.25, -0.2) is 10.4 Å². The fraction of sp³-hybridized carbons (Fsp3) is 0.190. The van der Waals surface area contributed by atoms with E-state index in [-0.39, 0.29) is 11.7 Å². The van der Waals surface area contributed by atoms with Crippen molar-refractivity contribution in [2.45, 2.75) is 25.5 Å². The van der Waals surface area contributed by atoms with Gasteiger partial charge in [-0.05, 0) is 32.0 Å². The van der Waals surface area contributed by atoms with Crippen LogP contribution in [0.3, 0.4) is 0 Å². The van der Waals surface area contributed by atoms with Crippen LogP contribution >= 0.6 is 11.8 Å². The highest BCUT2D eigenvalue weighted by Gasteiger charge is 2.11. The quantitative estimate of drug-likeness (QED) is 0.295. The number of thioether (sulfide) groups is 1. The summed E-state index contributed by atoms with van der Waals surface area (Å²) in [6, 6.07) is 16.0. The Balaban J connectivity index is 1.41. The predicted octanol–water partition coefficient (Wildman–Crippen LogP) is 4.09. The van der Waals surface area contributed by atoms with Gasteiger partial charge in [-0.15, -0.1) is 0 Å². The van der Waals surface area contributed by atoms with Crippen LogP contribution in [0.2, 0.25) is 0 Å². The summed E-state index contributed by atoms with van der Waals surface area (Å²) >= 11 is 1.36. The van der Waals surface area contributed by atoms with Gasteiger partial charge in [-0.3, -0.25) is 4.79 Å². The molecule has 1 amide bonds. The zero-order chi connectivity index (χ0) is 19.5. The maximum absolute atomic E-state index is 12.1. The third-order valence-electron chi connectivity index (χ3n) is 4.69. The normalized spacial score (nSPS) is 11.6. The lowest BCUT2D eigenvalue weighted by Gasteiger charge is -2.03. The van der Waals surface area contributed by atoms with Crippen LogP contribution in [0.4, 0.5) is 0 Å². The summed E-state index contributed by atoms with van der Waals surface area (Å²) in [5, 5.41) is 6.03. The van der Waals surface area contributed by atoms with E-state index in [9.17, 15) is 4.79 Å². The summed E-state index contributed by atoms with van der Waals surface area (Å²) < 4.78 is 2.25. The number of imidazole rings is 1. The number of amides is 1. The number of fused-ring (bicyclic) bond motifs is 2. The first-order valence-corrected chi connectivity index (χ1v) is 10.1. The summed E-state index contributed by atoms with van der Waals surface area (Å²) in [4.78, 5) is 19.8. The molecule has 0 aliphatic rings. The van der Waals surface area contributed by atoms with Gasteiger partial charge >= 0.3 is 0 Å². The molecule has 2 heterocycles. The molecule has 2 aromatic carbocycles. The molecule has 0 spiro atoms. The Morgan fingerprint density at radius 2 is 2.04 bits per heavy atom. The Labute approximate surface area is 167 Å². The van der Waals surface area contributed by atoms with Gasteiger partial charge in [0.25, 0.3) is 5.91 Å². The molecule has 0 saturated carbocycles. The number of carbonyl (C=O) groups is 1. The van der Waals surface area contributed by atoms with Crippen molar-refractivity contribution in [2.75, 3.05) is 5.75 Å². The molecule has 0 radical (unpaired) electrons. The molecular formula is C21H21N5OS. The van der Waals surface area contributed by atoms with Crippen LogP contribution in [0.5, 0.6) is 0 Å². The van der Waals surface area contributed by atoms with Gasteiger partial charge < -0.3 is 9.55 Å². The number of rotatable bonds is 6. The highest BCUT2D eigenvalue weighted by atomic mass is 32.2. The Morgan fingerprint density at radius 1 is 1.25 bits per heavy atom. The number of aromatic nitrogens is 3. The maximum atomic E-state index is 12.1. The van der Waals surface area contributed by atoms with Gasteiger partial charge in [0.2, 0.25) is 0 Å². The number of hydrogen-bond donors (Lipinski definition) is 2. The fourth-order valence-electron chi connectivity index (χ4n) is 3.36. The van der Waals surface area contributed by atoms with E-state index < -0.39 is 0 Å². The maximum Gasteiger partial charge on any atom is 0.250 e. The third-order valence-corrected chi connectivity index (χ3v) is 5.56. The van der Waals surface area contributed by atoms with Crippen LogP contribution < -0.4 is 5.43 Å². The van der Waals surface area contributed by atoms with E-state index >= 15 is 0 Å². The zero-order valence-electron chi connectivity index (χ0n) is 15.8. The average molecular weight is 392 g/mol. The Hall–Kier alpha value is -3.06. The smallest absolute Gasteiger partial charge is 0.250 e. The van der Waals surface area contributed by atoms with Crippen molar-refractivity contribution in [3.8, 4) is 0 Å². The van der Waals surface area contributed by atoms with Gasteiger partial charge in [0.05, 0.1) is 23.0 Å². The SMILES string of the molecule is CCn1c(C)c(/C=N\NC(=O)CSc2nc3ccccc3[nH]2)c2ccccc21. The second-order valence-corrected chi connectivity index (χ2v) is 7.37. The van der Waals surface area contributed by atoms with Crippen LogP contribution in [0.15, 0.2) is 58.8 Å². The molecule has 0 fully saturated rings. The highest BCUT2D eigenvalue weighted by molar-refractivity contribution is 7.99. The summed E-state index contributed by atoms with van der Waals surface area (Å²) in [6.45, 7) is 5.09. The first-order valence-electron chi connectivity index (χ1n) is 9.14. The van der Waals surface area contributed by atoms with Gasteiger partial charge in [0.1, 0.15) is 0 Å². The lowest BCUT2D eigenvalue weighted by molar-refractivity contribution is -0.118. The van der Waals surface area contributed by atoms with E-state index in [1.165, 1.54) is 17.3 Å². The predicted molar refractivity (Wildman–Crippen MR) is 115 cm³/mol. The van der Waals surface area contributed by atoms with E-state index in [1.54, 1.807) is 6.21 Å². The molecule has 0 unspecified atom stereocenters. The molecule has 2 N–H and O–H groups in total. The van der Waals surface area contributed by atoms with Crippen LogP contribution in [0, 0.1) is 6.92 Å². The number of hydrazone groups is 1. The molecular weight excluding hydrogens is 370 g/mol. The van der Waals surface area contributed by atoms with E-state index in [4.69, 9.17) is 0 Å². The van der Waals surface area contributed by atoms with E-state index in [2.05, 4.69) is 51.0 Å². The largest absolute Gasteiger partial charge is 0.344 e. The molecule has 28 heavy (non-hydrogen) atoms. The number of nitrogens with one attached hydrogen (secondary N) is 2. The Morgan fingerprint density at radius 3 is 2.86 bits per heavy atom. The van der Waals surface area contributed by atoms with Crippen LogP contribution in [0.25, 0.3) is 21.9 Å². The van der Waals surface area contributed by atoms with Crippen molar-refractivity contribution in [1.29, 1.82) is 0 Å². The summed E-state index contributed by atoms with van der Waals surface area (Å²) in [5.74, 6) is 0.0749. The molecule has 4 aromatic rings. The molecule has 0 aliphatic heterocycles. The minimum absolute atomic E-state index is 0.168. The third kappa shape index (κ3) is 3.53. The molecule has 0 saturated heterocycles. The lowest BCUT2D eigenvalue weighted by atomic mass is 10.1. The van der Waals surface area contributed by atoms with Gasteiger partial charge in [-0.2, -0.15) is 5.10 Å². The first-order chi connectivity index (χ1) is 13.7. The number of aromatic amines is 1. The second-order valence-electron chi connectivity index (χ2n) is 6.40. The summed E-state index contributed by atoms with van der Waals surface area (Å²) in [5.41, 5.74) is 7.82. The molecule has 6 nitrogen and oxygen atoms in total. The van der Waals surface area contributed by atoms with Crippen LogP contribution in [0.1, 0.15) is 18.2 Å². The highest BCUT2D eigenvalue weighted by Crippen LogP contribution is 2.24. The number of aryl methyl sites for hydroxylation is 1. The van der Waals surface area contributed by atoms with Gasteiger partial charge in [-0.1, -0.05) is 42.1 Å². The van der Waals surface area contributed by atoms with E-state index in [0.29, 0.717) is 0 Å². The lowest BCUT2D eigenvalue weighted by Crippen LogP contribution is -2.19. The average Bonchev–Trinajstić information content (AvgIpc) is 3.25. The number of hydrogen-bond acceptors (Lipinski definition) is 4. The number of para-hydroxylation sites is 3. The van der Waals surface area contributed by atoms with Crippen molar-refractivity contribution >= 4 is 45.8 Å². The second kappa shape index (κ2) is 7.90. The molecule has 2 aromatic heterocycles. The van der Waals surface area contributed by atoms with Crippen molar-refractivity contribution in [3.63, 3.8) is 0 Å². The molecule has 7 heteroatoms. The molecule has 0 atom stereocenters. The molecule has 0 aliphatic carbocycles.